The minimum absolute atomic E-state index is 0.118. The normalized spacial score (nSPS) is 10.3. The Morgan fingerprint density at radius 3 is 2.79 bits per heavy atom. The SMILES string of the molecule is CCNc1cc(Oc2ccc(F)c(C)c2)nc(N)n1. The van der Waals surface area contributed by atoms with Gasteiger partial charge in [-0.15, -0.1) is 0 Å². The Labute approximate surface area is 110 Å². The molecule has 3 N–H and O–H groups in total. The average molecular weight is 262 g/mol. The van der Waals surface area contributed by atoms with Crippen molar-refractivity contribution in [1.29, 1.82) is 0 Å². The first-order valence-electron chi connectivity index (χ1n) is 5.91. The number of nitrogens with two attached hydrogens (primary N) is 1. The summed E-state index contributed by atoms with van der Waals surface area (Å²) in [5.41, 5.74) is 6.10. The van der Waals surface area contributed by atoms with Crippen molar-refractivity contribution in [3.8, 4) is 11.6 Å². The largest absolute Gasteiger partial charge is 0.439 e. The third kappa shape index (κ3) is 3.31. The minimum Gasteiger partial charge on any atom is -0.439 e. The molecule has 1 aromatic heterocycles. The van der Waals surface area contributed by atoms with Gasteiger partial charge < -0.3 is 15.8 Å². The van der Waals surface area contributed by atoms with Crippen LogP contribution in [0.5, 0.6) is 11.6 Å². The number of anilines is 2. The molecular formula is C13H15FN4O. The van der Waals surface area contributed by atoms with Gasteiger partial charge in [-0.1, -0.05) is 0 Å². The second-order valence-electron chi connectivity index (χ2n) is 3.99. The van der Waals surface area contributed by atoms with Crippen LogP contribution in [0.15, 0.2) is 24.3 Å². The van der Waals surface area contributed by atoms with E-state index in [0.29, 0.717) is 29.6 Å². The summed E-state index contributed by atoms with van der Waals surface area (Å²) in [6.07, 6.45) is 0. The number of hydrogen-bond acceptors (Lipinski definition) is 5. The zero-order valence-electron chi connectivity index (χ0n) is 10.8. The molecule has 1 heterocycles. The molecule has 0 aliphatic heterocycles. The van der Waals surface area contributed by atoms with Gasteiger partial charge in [0, 0.05) is 12.6 Å². The fourth-order valence-corrected chi connectivity index (χ4v) is 1.57. The standard InChI is InChI=1S/C13H15FN4O/c1-3-16-11-7-12(18-13(15)17-11)19-9-4-5-10(14)8(2)6-9/h4-7H,3H2,1-2H3,(H3,15,16,17,18). The van der Waals surface area contributed by atoms with Gasteiger partial charge in [-0.3, -0.25) is 0 Å². The van der Waals surface area contributed by atoms with Gasteiger partial charge in [0.05, 0.1) is 0 Å². The van der Waals surface area contributed by atoms with E-state index in [1.165, 1.54) is 12.1 Å². The summed E-state index contributed by atoms with van der Waals surface area (Å²) >= 11 is 0. The van der Waals surface area contributed by atoms with E-state index in [9.17, 15) is 4.39 Å². The fraction of sp³-hybridized carbons (Fsp3) is 0.231. The summed E-state index contributed by atoms with van der Waals surface area (Å²) in [6, 6.07) is 6.12. The molecule has 5 nitrogen and oxygen atoms in total. The highest BCUT2D eigenvalue weighted by Gasteiger charge is 2.06. The van der Waals surface area contributed by atoms with Crippen molar-refractivity contribution in [2.24, 2.45) is 0 Å². The van der Waals surface area contributed by atoms with Crippen molar-refractivity contribution in [3.63, 3.8) is 0 Å². The highest BCUT2D eigenvalue weighted by molar-refractivity contribution is 5.44. The quantitative estimate of drug-likeness (QED) is 0.886. The topological polar surface area (TPSA) is 73.1 Å². The first-order chi connectivity index (χ1) is 9.08. The van der Waals surface area contributed by atoms with Crippen molar-refractivity contribution >= 4 is 11.8 Å². The molecule has 0 unspecified atom stereocenters. The van der Waals surface area contributed by atoms with Crippen molar-refractivity contribution in [1.82, 2.24) is 9.97 Å². The molecule has 6 heteroatoms. The molecule has 19 heavy (non-hydrogen) atoms. The van der Waals surface area contributed by atoms with Gasteiger partial charge in [0.1, 0.15) is 17.4 Å². The van der Waals surface area contributed by atoms with Crippen LogP contribution in [0.3, 0.4) is 0 Å². The summed E-state index contributed by atoms with van der Waals surface area (Å²) < 4.78 is 18.7. The Hall–Kier alpha value is -2.37. The monoisotopic (exact) mass is 262 g/mol. The number of halogens is 1. The number of aryl methyl sites for hydroxylation is 1. The fourth-order valence-electron chi connectivity index (χ4n) is 1.57. The Kier molecular flexibility index (Phi) is 3.79. The Morgan fingerprint density at radius 2 is 2.11 bits per heavy atom. The Bertz CT molecular complexity index is 589. The van der Waals surface area contributed by atoms with Crippen LogP contribution in [0.2, 0.25) is 0 Å². The van der Waals surface area contributed by atoms with Crippen LogP contribution in [-0.2, 0) is 0 Å². The molecule has 0 saturated heterocycles. The number of aromatic nitrogens is 2. The molecule has 2 aromatic rings. The van der Waals surface area contributed by atoms with Gasteiger partial charge in [0.15, 0.2) is 0 Å². The molecule has 0 bridgehead atoms. The number of nitrogens with one attached hydrogen (secondary N) is 1. The Morgan fingerprint density at radius 1 is 1.32 bits per heavy atom. The zero-order chi connectivity index (χ0) is 13.8. The average Bonchev–Trinajstić information content (AvgIpc) is 2.33. The summed E-state index contributed by atoms with van der Waals surface area (Å²) in [5.74, 6) is 1.24. The molecule has 100 valence electrons. The van der Waals surface area contributed by atoms with Crippen LogP contribution in [-0.4, -0.2) is 16.5 Å². The number of benzene rings is 1. The second kappa shape index (κ2) is 5.51. The molecule has 0 spiro atoms. The molecule has 0 saturated carbocycles. The maximum atomic E-state index is 13.2. The predicted octanol–water partition coefficient (Wildman–Crippen LogP) is 2.73. The minimum atomic E-state index is -0.275. The highest BCUT2D eigenvalue weighted by atomic mass is 19.1. The van der Waals surface area contributed by atoms with E-state index in [-0.39, 0.29) is 11.8 Å². The smallest absolute Gasteiger partial charge is 0.226 e. The second-order valence-corrected chi connectivity index (χ2v) is 3.99. The molecule has 0 fully saturated rings. The Balaban J connectivity index is 2.24. The van der Waals surface area contributed by atoms with Gasteiger partial charge in [-0.25, -0.2) is 4.39 Å². The van der Waals surface area contributed by atoms with Crippen molar-refractivity contribution in [2.45, 2.75) is 13.8 Å². The number of nitrogen functional groups attached to an aromatic ring is 1. The van der Waals surface area contributed by atoms with Gasteiger partial charge in [-0.05, 0) is 37.6 Å². The summed E-state index contributed by atoms with van der Waals surface area (Å²) in [6.45, 7) is 4.33. The van der Waals surface area contributed by atoms with Crippen molar-refractivity contribution in [2.75, 3.05) is 17.6 Å². The van der Waals surface area contributed by atoms with E-state index >= 15 is 0 Å². The lowest BCUT2D eigenvalue weighted by Gasteiger charge is -2.08. The van der Waals surface area contributed by atoms with Crippen LogP contribution in [0, 0.1) is 12.7 Å². The van der Waals surface area contributed by atoms with Crippen molar-refractivity contribution < 1.29 is 9.13 Å². The van der Waals surface area contributed by atoms with E-state index in [1.807, 2.05) is 6.92 Å². The molecule has 2 rings (SSSR count). The number of nitrogens with zero attached hydrogens (tertiary/aromatic N) is 2. The number of ether oxygens (including phenoxy) is 1. The molecule has 0 amide bonds. The maximum Gasteiger partial charge on any atom is 0.226 e. The van der Waals surface area contributed by atoms with E-state index in [0.717, 1.165) is 0 Å². The van der Waals surface area contributed by atoms with E-state index in [1.54, 1.807) is 19.1 Å². The molecule has 0 aliphatic carbocycles. The maximum absolute atomic E-state index is 13.2. The number of rotatable bonds is 4. The van der Waals surface area contributed by atoms with Crippen LogP contribution < -0.4 is 15.8 Å². The van der Waals surface area contributed by atoms with Crippen LogP contribution in [0.1, 0.15) is 12.5 Å². The number of hydrogen-bond donors (Lipinski definition) is 2. The first-order valence-corrected chi connectivity index (χ1v) is 5.91. The van der Waals surface area contributed by atoms with E-state index < -0.39 is 0 Å². The predicted molar refractivity (Wildman–Crippen MR) is 71.8 cm³/mol. The van der Waals surface area contributed by atoms with Gasteiger partial charge in [0.2, 0.25) is 11.8 Å². The molecule has 0 atom stereocenters. The third-order valence-electron chi connectivity index (χ3n) is 2.43. The van der Waals surface area contributed by atoms with E-state index in [2.05, 4.69) is 15.3 Å². The lowest BCUT2D eigenvalue weighted by Crippen LogP contribution is -2.04. The molecule has 0 aliphatic rings. The van der Waals surface area contributed by atoms with Gasteiger partial charge >= 0.3 is 0 Å². The summed E-state index contributed by atoms with van der Waals surface area (Å²) in [4.78, 5) is 7.99. The van der Waals surface area contributed by atoms with Crippen LogP contribution in [0.4, 0.5) is 16.2 Å². The molecule has 1 aromatic carbocycles. The van der Waals surface area contributed by atoms with E-state index in [4.69, 9.17) is 10.5 Å². The van der Waals surface area contributed by atoms with Gasteiger partial charge in [-0.2, -0.15) is 9.97 Å². The lowest BCUT2D eigenvalue weighted by molar-refractivity contribution is 0.460. The van der Waals surface area contributed by atoms with Crippen LogP contribution in [0.25, 0.3) is 0 Å². The van der Waals surface area contributed by atoms with Crippen LogP contribution >= 0.6 is 0 Å². The summed E-state index contributed by atoms with van der Waals surface area (Å²) in [5, 5.41) is 3.02. The molecular weight excluding hydrogens is 247 g/mol. The zero-order valence-corrected chi connectivity index (χ0v) is 10.8. The van der Waals surface area contributed by atoms with Crippen molar-refractivity contribution in [3.05, 3.63) is 35.6 Å². The first kappa shape index (κ1) is 13.1. The molecule has 0 radical (unpaired) electrons. The summed E-state index contributed by atoms with van der Waals surface area (Å²) in [7, 11) is 0. The lowest BCUT2D eigenvalue weighted by atomic mass is 10.2. The van der Waals surface area contributed by atoms with Gasteiger partial charge in [0.25, 0.3) is 0 Å². The highest BCUT2D eigenvalue weighted by Crippen LogP contribution is 2.24. The third-order valence-corrected chi connectivity index (χ3v) is 2.43.